The summed E-state index contributed by atoms with van der Waals surface area (Å²) in [6.07, 6.45) is -9.94. The molecule has 2 fully saturated rings. The van der Waals surface area contributed by atoms with Crippen molar-refractivity contribution in [2.24, 2.45) is 10.8 Å². The van der Waals surface area contributed by atoms with Crippen LogP contribution in [0.4, 0.5) is 59.4 Å². The molecule has 0 radical (unpaired) electrons. The molecule has 6 atom stereocenters. The standard InChI is InChI=1S/C49H55F10N11O7/c1-46(2,48(54,55)56)38(64-44(74)76-5)40(72)63-36(17-27-10-7-26(8-11-27)9-12-28-20-60-43(61-21-28)68-22-30-13-14-31(23-68)62-30)37(71)25-69(67-41(73)39(65-45(75)77-6)47(3,4)49(57,58)59)24-32-33(50)18-29(19-34(32)51)35-15-16-70(66-35)42(52)53/h7-8,10-11,15-16,18-21,30-31,36-39,42,62,71H,13-14,17,22-25H2,1-6H3,(H,63,72)(H,64,74)(H,65,75)(H,67,73)/t30?,31?,36-,37-,38?,39+/m0/s1. The second kappa shape index (κ2) is 24.0. The topological polar surface area (TPSA) is 217 Å². The van der Waals surface area contributed by atoms with Gasteiger partial charge < -0.3 is 40.7 Å². The van der Waals surface area contributed by atoms with Crippen LogP contribution < -0.4 is 31.6 Å². The molecule has 28 heteroatoms. The van der Waals surface area contributed by atoms with Crippen molar-refractivity contribution in [3.05, 3.63) is 94.9 Å². The zero-order valence-corrected chi connectivity index (χ0v) is 42.1. The number of aromatic nitrogens is 4. The van der Waals surface area contributed by atoms with E-state index in [0.717, 1.165) is 52.4 Å². The van der Waals surface area contributed by atoms with Gasteiger partial charge in [0, 0.05) is 73.5 Å². The van der Waals surface area contributed by atoms with Crippen LogP contribution in [0.25, 0.3) is 11.3 Å². The van der Waals surface area contributed by atoms with E-state index in [4.69, 9.17) is 0 Å². The molecule has 418 valence electrons. The Bertz CT molecular complexity index is 2770. The van der Waals surface area contributed by atoms with E-state index >= 15 is 8.78 Å². The fourth-order valence-electron chi connectivity index (χ4n) is 8.43. The zero-order chi connectivity index (χ0) is 56.8. The number of hydrogen-bond donors (Lipinski definition) is 6. The minimum atomic E-state index is -5.23. The molecule has 2 aliphatic heterocycles. The first-order valence-corrected chi connectivity index (χ1v) is 23.6. The van der Waals surface area contributed by atoms with Crippen LogP contribution in [0.1, 0.15) is 69.3 Å². The number of anilines is 1. The molecule has 4 aromatic rings. The maximum atomic E-state index is 16.0. The lowest BCUT2D eigenvalue weighted by molar-refractivity contribution is -0.221. The quantitative estimate of drug-likeness (QED) is 0.0389. The van der Waals surface area contributed by atoms with Crippen molar-refractivity contribution < 1.29 is 77.7 Å². The fraction of sp³-hybridized carbons (Fsp3) is 0.490. The molecule has 77 heavy (non-hydrogen) atoms. The Balaban J connectivity index is 1.34. The highest BCUT2D eigenvalue weighted by Gasteiger charge is 2.57. The Kier molecular flexibility index (Phi) is 18.4. The van der Waals surface area contributed by atoms with E-state index in [1.165, 1.54) is 24.3 Å². The predicted octanol–water partition coefficient (Wildman–Crippen LogP) is 5.90. The molecule has 4 heterocycles. The third-order valence-electron chi connectivity index (χ3n) is 13.3. The first kappa shape index (κ1) is 59.0. The van der Waals surface area contributed by atoms with Gasteiger partial charge in [-0.2, -0.15) is 40.2 Å². The van der Waals surface area contributed by atoms with Crippen LogP contribution in [0.3, 0.4) is 0 Å². The number of rotatable bonds is 18. The number of piperazine rings is 1. The molecule has 6 N–H and O–H groups in total. The largest absolute Gasteiger partial charge is 0.453 e. The number of halogens is 10. The molecule has 2 aliphatic rings. The van der Waals surface area contributed by atoms with Gasteiger partial charge in [0.1, 0.15) is 23.7 Å². The lowest BCUT2D eigenvalue weighted by Crippen LogP contribution is -2.63. The van der Waals surface area contributed by atoms with Crippen LogP contribution in [-0.4, -0.2) is 136 Å². The van der Waals surface area contributed by atoms with Crippen molar-refractivity contribution in [1.82, 2.24) is 51.5 Å². The highest BCUT2D eigenvalue weighted by Crippen LogP contribution is 2.42. The minimum Gasteiger partial charge on any atom is -0.453 e. The molecule has 6 rings (SSSR count). The normalized spacial score (nSPS) is 17.4. The third-order valence-corrected chi connectivity index (χ3v) is 13.3. The number of aliphatic hydroxyl groups is 1. The minimum absolute atomic E-state index is 0.196. The second-order valence-corrected chi connectivity index (χ2v) is 19.5. The number of aliphatic hydroxyl groups excluding tert-OH is 1. The van der Waals surface area contributed by atoms with Gasteiger partial charge in [-0.05, 0) is 82.9 Å². The summed E-state index contributed by atoms with van der Waals surface area (Å²) in [5.41, 5.74) is -4.58. The van der Waals surface area contributed by atoms with Crippen molar-refractivity contribution in [2.75, 3.05) is 38.8 Å². The van der Waals surface area contributed by atoms with Crippen LogP contribution in [0, 0.1) is 34.3 Å². The Morgan fingerprint density at radius 3 is 1.81 bits per heavy atom. The van der Waals surface area contributed by atoms with Crippen molar-refractivity contribution in [3.8, 4) is 23.1 Å². The predicted molar refractivity (Wildman–Crippen MR) is 254 cm³/mol. The Labute approximate surface area is 434 Å². The number of nitrogens with zero attached hydrogens (tertiary/aromatic N) is 6. The van der Waals surface area contributed by atoms with Gasteiger partial charge in [0.25, 0.3) is 5.91 Å². The van der Waals surface area contributed by atoms with E-state index in [0.29, 0.717) is 74.0 Å². The maximum Gasteiger partial charge on any atom is 0.407 e. The number of benzene rings is 2. The number of alkyl carbamates (subject to hydrolysis) is 2. The van der Waals surface area contributed by atoms with Gasteiger partial charge in [0.05, 0.1) is 48.5 Å². The van der Waals surface area contributed by atoms with E-state index in [-0.39, 0.29) is 21.5 Å². The third kappa shape index (κ3) is 14.4. The summed E-state index contributed by atoms with van der Waals surface area (Å²) in [5, 5.41) is 25.5. The Hall–Kier alpha value is -7.25. The van der Waals surface area contributed by atoms with Gasteiger partial charge in [-0.3, -0.25) is 15.0 Å². The number of hydrogen-bond acceptors (Lipinski definition) is 13. The molecule has 4 amide bonds. The van der Waals surface area contributed by atoms with E-state index in [1.807, 2.05) is 10.7 Å². The van der Waals surface area contributed by atoms with Crippen LogP contribution in [0.5, 0.6) is 0 Å². The second-order valence-electron chi connectivity index (χ2n) is 19.5. The van der Waals surface area contributed by atoms with Crippen molar-refractivity contribution in [1.29, 1.82) is 0 Å². The first-order chi connectivity index (χ1) is 36.0. The first-order valence-electron chi connectivity index (χ1n) is 23.6. The summed E-state index contributed by atoms with van der Waals surface area (Å²) in [6.45, 7) is -1.63. The molecule has 2 saturated heterocycles. The van der Waals surface area contributed by atoms with Crippen LogP contribution in [0.15, 0.2) is 61.1 Å². The maximum absolute atomic E-state index is 16.0. The molecule has 0 spiro atoms. The lowest BCUT2D eigenvalue weighted by atomic mass is 9.82. The molecule has 3 unspecified atom stereocenters. The monoisotopic (exact) mass is 1100 g/mol. The molecule has 0 aliphatic carbocycles. The van der Waals surface area contributed by atoms with Crippen LogP contribution in [0.2, 0.25) is 0 Å². The molecule has 2 aromatic carbocycles. The average Bonchev–Trinajstić information content (AvgIpc) is 4.00. The van der Waals surface area contributed by atoms with Crippen LogP contribution in [-0.2, 0) is 32.0 Å². The Morgan fingerprint density at radius 1 is 0.792 bits per heavy atom. The summed E-state index contributed by atoms with van der Waals surface area (Å²) >= 11 is 0. The lowest BCUT2D eigenvalue weighted by Gasteiger charge is -2.38. The van der Waals surface area contributed by atoms with Gasteiger partial charge in [-0.15, -0.1) is 0 Å². The number of amides is 4. The summed E-state index contributed by atoms with van der Waals surface area (Å²) in [6, 6.07) is 2.22. The summed E-state index contributed by atoms with van der Waals surface area (Å²) in [5.74, 6) is 0.362. The summed E-state index contributed by atoms with van der Waals surface area (Å²) < 4.78 is 155. The van der Waals surface area contributed by atoms with Crippen molar-refractivity contribution in [2.45, 2.75) is 109 Å². The van der Waals surface area contributed by atoms with E-state index in [1.54, 1.807) is 17.7 Å². The van der Waals surface area contributed by atoms with Gasteiger partial charge >= 0.3 is 31.1 Å². The van der Waals surface area contributed by atoms with E-state index in [9.17, 15) is 59.4 Å². The molecule has 0 saturated carbocycles. The fourth-order valence-corrected chi connectivity index (χ4v) is 8.43. The van der Waals surface area contributed by atoms with Gasteiger partial charge in [0.15, 0.2) is 0 Å². The van der Waals surface area contributed by atoms with Crippen molar-refractivity contribution in [3.63, 3.8) is 0 Å². The SMILES string of the molecule is COC(=O)NC(C(=O)N[C@@H](Cc1ccc(C#Cc2cnc(N3CC4CCC(C3)N4)nc2)cc1)[C@@H](O)CN(Cc1c(F)cc(-c2ccn(C(F)F)n2)cc1F)NC(=O)[C@@H](NC(=O)OC)C(C)(C)C(F)(F)F)C(C)(C)C(F)(F)F. The average molecular weight is 1100 g/mol. The molecule has 2 aromatic heterocycles. The van der Waals surface area contributed by atoms with E-state index < -0.39 is 115 Å². The number of alkyl halides is 8. The van der Waals surface area contributed by atoms with Gasteiger partial charge in [-0.1, -0.05) is 24.0 Å². The number of fused-ring (bicyclic) bond motifs is 2. The number of ether oxygens (including phenoxy) is 2. The molecule has 2 bridgehead atoms. The highest BCUT2D eigenvalue weighted by molar-refractivity contribution is 5.87. The van der Waals surface area contributed by atoms with Crippen LogP contribution >= 0.6 is 0 Å². The van der Waals surface area contributed by atoms with Crippen molar-refractivity contribution >= 4 is 29.9 Å². The number of carbonyl (C=O) groups is 4. The number of hydrazine groups is 1. The summed E-state index contributed by atoms with van der Waals surface area (Å²) in [7, 11) is 1.60. The molecule has 18 nitrogen and oxygen atoms in total. The van der Waals surface area contributed by atoms with Gasteiger partial charge in [-0.25, -0.2) is 38.0 Å². The molecular formula is C49H55F10N11O7. The zero-order valence-electron chi connectivity index (χ0n) is 42.1. The number of nitrogens with one attached hydrogen (secondary N) is 5. The number of methoxy groups -OCH3 is 2. The van der Waals surface area contributed by atoms with Gasteiger partial charge in [0.2, 0.25) is 11.9 Å². The smallest absolute Gasteiger partial charge is 0.407 e. The Morgan fingerprint density at radius 2 is 1.31 bits per heavy atom. The highest BCUT2D eigenvalue weighted by atomic mass is 19.4. The summed E-state index contributed by atoms with van der Waals surface area (Å²) in [4.78, 5) is 63.8. The molecular weight excluding hydrogens is 1040 g/mol. The number of carbonyl (C=O) groups excluding carboxylic acids is 4. The van der Waals surface area contributed by atoms with E-state index in [2.05, 4.69) is 51.9 Å².